The van der Waals surface area contributed by atoms with Gasteiger partial charge >= 0.3 is 0 Å². The lowest BCUT2D eigenvalue weighted by molar-refractivity contribution is 0.674. The van der Waals surface area contributed by atoms with Crippen LogP contribution in [0.3, 0.4) is 0 Å². The van der Waals surface area contributed by atoms with Gasteiger partial charge in [0.15, 0.2) is 0 Å². The SMILES string of the molecule is CC[C@@H](N)c1ccc(Sc2ccc3ccccc3c2)cn1. The molecule has 2 nitrogen and oxygen atoms in total. The summed E-state index contributed by atoms with van der Waals surface area (Å²) in [5.41, 5.74) is 6.95. The molecule has 0 saturated carbocycles. The Kier molecular flexibility index (Phi) is 4.23. The van der Waals surface area contributed by atoms with Crippen LogP contribution in [0.4, 0.5) is 0 Å². The predicted octanol–water partition coefficient (Wildman–Crippen LogP) is 4.80. The Morgan fingerprint density at radius 3 is 2.48 bits per heavy atom. The van der Waals surface area contributed by atoms with Gasteiger partial charge in [-0.2, -0.15) is 0 Å². The first-order valence-electron chi connectivity index (χ1n) is 7.14. The molecule has 2 N–H and O–H groups in total. The van der Waals surface area contributed by atoms with Crippen LogP contribution in [0.2, 0.25) is 0 Å². The molecule has 0 aliphatic rings. The molecule has 3 rings (SSSR count). The second-order valence-corrected chi connectivity index (χ2v) is 6.19. The summed E-state index contributed by atoms with van der Waals surface area (Å²) in [6.07, 6.45) is 2.81. The molecule has 2 aromatic carbocycles. The third kappa shape index (κ3) is 3.26. The largest absolute Gasteiger partial charge is 0.323 e. The molecule has 1 aromatic heterocycles. The van der Waals surface area contributed by atoms with Gasteiger partial charge in [0, 0.05) is 22.0 Å². The van der Waals surface area contributed by atoms with Crippen LogP contribution in [-0.2, 0) is 0 Å². The highest BCUT2D eigenvalue weighted by atomic mass is 32.2. The Labute approximate surface area is 129 Å². The lowest BCUT2D eigenvalue weighted by Gasteiger charge is -2.09. The molecular weight excluding hydrogens is 276 g/mol. The van der Waals surface area contributed by atoms with Crippen LogP contribution in [0.25, 0.3) is 10.8 Å². The van der Waals surface area contributed by atoms with Crippen LogP contribution in [0.1, 0.15) is 25.1 Å². The molecule has 1 atom stereocenters. The van der Waals surface area contributed by atoms with Gasteiger partial charge < -0.3 is 5.73 Å². The van der Waals surface area contributed by atoms with E-state index in [-0.39, 0.29) is 6.04 Å². The fraction of sp³-hybridized carbons (Fsp3) is 0.167. The maximum absolute atomic E-state index is 5.99. The zero-order valence-corrected chi connectivity index (χ0v) is 12.8. The van der Waals surface area contributed by atoms with Gasteiger partial charge in [-0.3, -0.25) is 4.98 Å². The average molecular weight is 294 g/mol. The molecule has 0 bridgehead atoms. The van der Waals surface area contributed by atoms with Crippen molar-refractivity contribution < 1.29 is 0 Å². The van der Waals surface area contributed by atoms with Crippen molar-refractivity contribution in [2.75, 3.05) is 0 Å². The van der Waals surface area contributed by atoms with Gasteiger partial charge in [0.05, 0.1) is 5.69 Å². The van der Waals surface area contributed by atoms with Crippen molar-refractivity contribution in [3.8, 4) is 0 Å². The number of rotatable bonds is 4. The number of hydrogen-bond donors (Lipinski definition) is 1. The number of benzene rings is 2. The molecule has 0 unspecified atom stereocenters. The topological polar surface area (TPSA) is 38.9 Å². The van der Waals surface area contributed by atoms with Crippen LogP contribution < -0.4 is 5.73 Å². The molecule has 3 heteroatoms. The van der Waals surface area contributed by atoms with Gasteiger partial charge in [-0.05, 0) is 41.5 Å². The summed E-state index contributed by atoms with van der Waals surface area (Å²) in [4.78, 5) is 6.82. The molecule has 0 radical (unpaired) electrons. The summed E-state index contributed by atoms with van der Waals surface area (Å²) in [6, 6.07) is 19.1. The molecule has 0 aliphatic carbocycles. The smallest absolute Gasteiger partial charge is 0.0571 e. The van der Waals surface area contributed by atoms with Crippen molar-refractivity contribution in [2.45, 2.75) is 29.2 Å². The second kappa shape index (κ2) is 6.29. The average Bonchev–Trinajstić information content (AvgIpc) is 2.55. The standard InChI is InChI=1S/C18H18N2S/c1-2-17(19)18-10-9-16(12-20-18)21-15-8-7-13-5-3-4-6-14(13)11-15/h3-12,17H,2,19H2,1H3/t17-/m1/s1. The fourth-order valence-electron chi connectivity index (χ4n) is 2.25. The highest BCUT2D eigenvalue weighted by molar-refractivity contribution is 7.99. The first-order chi connectivity index (χ1) is 10.3. The highest BCUT2D eigenvalue weighted by Crippen LogP contribution is 2.30. The van der Waals surface area contributed by atoms with Crippen LogP contribution in [0, 0.1) is 0 Å². The van der Waals surface area contributed by atoms with Crippen molar-refractivity contribution in [1.29, 1.82) is 0 Å². The van der Waals surface area contributed by atoms with Crippen LogP contribution in [0.5, 0.6) is 0 Å². The minimum absolute atomic E-state index is 0.0321. The minimum Gasteiger partial charge on any atom is -0.323 e. The third-order valence-corrected chi connectivity index (χ3v) is 4.50. The molecular formula is C18H18N2S. The van der Waals surface area contributed by atoms with E-state index in [4.69, 9.17) is 5.73 Å². The van der Waals surface area contributed by atoms with E-state index in [1.54, 1.807) is 11.8 Å². The predicted molar refractivity (Wildman–Crippen MR) is 89.5 cm³/mol. The normalized spacial score (nSPS) is 12.5. The Morgan fingerprint density at radius 1 is 1.00 bits per heavy atom. The first kappa shape index (κ1) is 14.1. The van der Waals surface area contributed by atoms with Crippen molar-refractivity contribution >= 4 is 22.5 Å². The van der Waals surface area contributed by atoms with Crippen molar-refractivity contribution in [3.63, 3.8) is 0 Å². The van der Waals surface area contributed by atoms with Crippen molar-refractivity contribution in [1.82, 2.24) is 4.98 Å². The van der Waals surface area contributed by atoms with E-state index in [1.807, 2.05) is 12.3 Å². The second-order valence-electron chi connectivity index (χ2n) is 5.04. The molecule has 3 aromatic rings. The Balaban J connectivity index is 1.81. The summed E-state index contributed by atoms with van der Waals surface area (Å²) in [6.45, 7) is 2.07. The maximum atomic E-state index is 5.99. The number of hydrogen-bond acceptors (Lipinski definition) is 3. The lowest BCUT2D eigenvalue weighted by atomic mass is 10.1. The van der Waals surface area contributed by atoms with Crippen LogP contribution in [0.15, 0.2) is 70.6 Å². The van der Waals surface area contributed by atoms with E-state index >= 15 is 0 Å². The monoisotopic (exact) mass is 294 g/mol. The van der Waals surface area contributed by atoms with E-state index in [0.717, 1.165) is 17.0 Å². The third-order valence-electron chi connectivity index (χ3n) is 3.54. The van der Waals surface area contributed by atoms with E-state index in [1.165, 1.54) is 15.7 Å². The van der Waals surface area contributed by atoms with Gasteiger partial charge in [-0.15, -0.1) is 0 Å². The summed E-state index contributed by atoms with van der Waals surface area (Å²) >= 11 is 1.73. The number of pyridine rings is 1. The molecule has 106 valence electrons. The zero-order valence-electron chi connectivity index (χ0n) is 12.0. The zero-order chi connectivity index (χ0) is 14.7. The molecule has 0 aliphatic heterocycles. The van der Waals surface area contributed by atoms with Gasteiger partial charge in [-0.1, -0.05) is 49.0 Å². The molecule has 0 spiro atoms. The van der Waals surface area contributed by atoms with Gasteiger partial charge in [-0.25, -0.2) is 0 Å². The maximum Gasteiger partial charge on any atom is 0.0571 e. The Morgan fingerprint density at radius 2 is 1.76 bits per heavy atom. The van der Waals surface area contributed by atoms with E-state index in [0.29, 0.717) is 0 Å². The molecule has 21 heavy (non-hydrogen) atoms. The summed E-state index contributed by atoms with van der Waals surface area (Å²) in [5.74, 6) is 0. The van der Waals surface area contributed by atoms with E-state index in [9.17, 15) is 0 Å². The summed E-state index contributed by atoms with van der Waals surface area (Å²) in [7, 11) is 0. The lowest BCUT2D eigenvalue weighted by Crippen LogP contribution is -2.10. The van der Waals surface area contributed by atoms with Gasteiger partial charge in [0.1, 0.15) is 0 Å². The minimum atomic E-state index is 0.0321. The molecule has 0 fully saturated rings. The number of nitrogens with zero attached hydrogens (tertiary/aromatic N) is 1. The van der Waals surface area contributed by atoms with E-state index in [2.05, 4.69) is 60.4 Å². The first-order valence-corrected chi connectivity index (χ1v) is 7.96. The van der Waals surface area contributed by atoms with Crippen molar-refractivity contribution in [3.05, 3.63) is 66.5 Å². The molecule has 0 saturated heterocycles. The van der Waals surface area contributed by atoms with Gasteiger partial charge in [0.25, 0.3) is 0 Å². The summed E-state index contributed by atoms with van der Waals surface area (Å²) < 4.78 is 0. The van der Waals surface area contributed by atoms with Crippen molar-refractivity contribution in [2.24, 2.45) is 5.73 Å². The Bertz CT molecular complexity index is 738. The number of aromatic nitrogens is 1. The number of nitrogens with two attached hydrogens (primary N) is 1. The fourth-order valence-corrected chi connectivity index (χ4v) is 3.08. The molecule has 0 amide bonds. The summed E-state index contributed by atoms with van der Waals surface area (Å²) in [5, 5.41) is 2.53. The quantitative estimate of drug-likeness (QED) is 0.751. The van der Waals surface area contributed by atoms with E-state index < -0.39 is 0 Å². The van der Waals surface area contributed by atoms with Gasteiger partial charge in [0.2, 0.25) is 0 Å². The van der Waals surface area contributed by atoms with Crippen LogP contribution >= 0.6 is 11.8 Å². The molecule has 1 heterocycles. The highest BCUT2D eigenvalue weighted by Gasteiger charge is 2.05. The Hall–Kier alpha value is -1.84. The number of fused-ring (bicyclic) bond motifs is 1. The van der Waals surface area contributed by atoms with Crippen LogP contribution in [-0.4, -0.2) is 4.98 Å².